The van der Waals surface area contributed by atoms with Crippen molar-refractivity contribution in [3.63, 3.8) is 0 Å². The largest absolute Gasteiger partial charge is 0.380 e. The Morgan fingerprint density at radius 2 is 1.77 bits per heavy atom. The Labute approximate surface area is 184 Å². The maximum absolute atomic E-state index is 5.95. The molecule has 30 heavy (non-hydrogen) atoms. The third-order valence-corrected chi connectivity index (χ3v) is 6.66. The topological polar surface area (TPSA) is 15.7 Å². The summed E-state index contributed by atoms with van der Waals surface area (Å²) in [6.45, 7) is 8.34. The van der Waals surface area contributed by atoms with E-state index in [-0.39, 0.29) is 0 Å². The SMILES string of the molecule is C(=C\c1ccccc1)/CN1CCCN(CCOCCc2ccc3sccc3c2)CC1. The van der Waals surface area contributed by atoms with Gasteiger partial charge in [0.25, 0.3) is 0 Å². The zero-order valence-electron chi connectivity index (χ0n) is 17.7. The zero-order chi connectivity index (χ0) is 20.4. The second kappa shape index (κ2) is 11.4. The van der Waals surface area contributed by atoms with Crippen LogP contribution >= 0.6 is 11.3 Å². The van der Waals surface area contributed by atoms with E-state index in [1.165, 1.54) is 40.7 Å². The minimum atomic E-state index is 0.805. The fourth-order valence-corrected chi connectivity index (χ4v) is 4.76. The second-order valence-electron chi connectivity index (χ2n) is 7.96. The van der Waals surface area contributed by atoms with Crippen LogP contribution in [0.4, 0.5) is 0 Å². The van der Waals surface area contributed by atoms with Crippen LogP contribution in [0.1, 0.15) is 17.5 Å². The van der Waals surface area contributed by atoms with Crippen molar-refractivity contribution in [2.75, 3.05) is 52.5 Å². The number of fused-ring (bicyclic) bond motifs is 1. The maximum atomic E-state index is 5.95. The van der Waals surface area contributed by atoms with Gasteiger partial charge in [-0.1, -0.05) is 54.6 Å². The molecule has 0 aliphatic carbocycles. The van der Waals surface area contributed by atoms with E-state index in [4.69, 9.17) is 4.74 Å². The first kappa shape index (κ1) is 21.3. The van der Waals surface area contributed by atoms with Crippen molar-refractivity contribution in [2.24, 2.45) is 0 Å². The summed E-state index contributed by atoms with van der Waals surface area (Å²) in [7, 11) is 0. The van der Waals surface area contributed by atoms with Gasteiger partial charge >= 0.3 is 0 Å². The Morgan fingerprint density at radius 3 is 2.70 bits per heavy atom. The van der Waals surface area contributed by atoms with Crippen molar-refractivity contribution in [1.82, 2.24) is 9.80 Å². The van der Waals surface area contributed by atoms with Gasteiger partial charge in [-0.15, -0.1) is 11.3 Å². The second-order valence-corrected chi connectivity index (χ2v) is 8.91. The molecular weight excluding hydrogens is 388 g/mol. The van der Waals surface area contributed by atoms with Gasteiger partial charge in [0, 0.05) is 30.9 Å². The van der Waals surface area contributed by atoms with Gasteiger partial charge in [0.15, 0.2) is 0 Å². The van der Waals surface area contributed by atoms with Crippen LogP contribution in [0.3, 0.4) is 0 Å². The van der Waals surface area contributed by atoms with Gasteiger partial charge in [-0.25, -0.2) is 0 Å². The number of nitrogens with zero attached hydrogens (tertiary/aromatic N) is 2. The van der Waals surface area contributed by atoms with E-state index < -0.39 is 0 Å². The summed E-state index contributed by atoms with van der Waals surface area (Å²) in [4.78, 5) is 5.11. The first-order chi connectivity index (χ1) is 14.9. The summed E-state index contributed by atoms with van der Waals surface area (Å²) >= 11 is 1.80. The molecule has 1 fully saturated rings. The smallest absolute Gasteiger partial charge is 0.0593 e. The van der Waals surface area contributed by atoms with E-state index in [0.717, 1.165) is 45.8 Å². The first-order valence-corrected chi connectivity index (χ1v) is 11.9. The average Bonchev–Trinajstić information content (AvgIpc) is 3.13. The highest BCUT2D eigenvalue weighted by atomic mass is 32.1. The van der Waals surface area contributed by atoms with E-state index in [0.29, 0.717) is 0 Å². The molecule has 3 aromatic rings. The quantitative estimate of drug-likeness (QED) is 0.444. The predicted molar refractivity (Wildman–Crippen MR) is 129 cm³/mol. The summed E-state index contributed by atoms with van der Waals surface area (Å²) in [5.74, 6) is 0. The van der Waals surface area contributed by atoms with Crippen molar-refractivity contribution in [3.05, 3.63) is 77.2 Å². The van der Waals surface area contributed by atoms with Crippen LogP contribution in [0.15, 0.2) is 66.1 Å². The molecule has 1 aromatic heterocycles. The van der Waals surface area contributed by atoms with Crippen LogP contribution in [-0.2, 0) is 11.2 Å². The van der Waals surface area contributed by atoms with Crippen LogP contribution in [0.2, 0.25) is 0 Å². The Kier molecular flexibility index (Phi) is 8.09. The number of thiophene rings is 1. The molecule has 0 unspecified atom stereocenters. The van der Waals surface area contributed by atoms with Gasteiger partial charge in [0.1, 0.15) is 0 Å². The highest BCUT2D eigenvalue weighted by molar-refractivity contribution is 7.17. The molecule has 3 nitrogen and oxygen atoms in total. The first-order valence-electron chi connectivity index (χ1n) is 11.1. The fraction of sp³-hybridized carbons (Fsp3) is 0.385. The third kappa shape index (κ3) is 6.51. The average molecular weight is 421 g/mol. The maximum Gasteiger partial charge on any atom is 0.0593 e. The monoisotopic (exact) mass is 420 g/mol. The molecule has 1 aliphatic heterocycles. The highest BCUT2D eigenvalue weighted by Crippen LogP contribution is 2.21. The Balaban J connectivity index is 1.11. The molecule has 2 aromatic carbocycles. The summed E-state index contributed by atoms with van der Waals surface area (Å²) in [5, 5.41) is 3.51. The molecule has 0 bridgehead atoms. The van der Waals surface area contributed by atoms with E-state index in [1.807, 2.05) is 0 Å². The third-order valence-electron chi connectivity index (χ3n) is 5.76. The Morgan fingerprint density at radius 1 is 0.900 bits per heavy atom. The molecule has 158 valence electrons. The van der Waals surface area contributed by atoms with Crippen molar-refractivity contribution in [2.45, 2.75) is 12.8 Å². The van der Waals surface area contributed by atoms with Crippen molar-refractivity contribution < 1.29 is 4.74 Å². The summed E-state index contributed by atoms with van der Waals surface area (Å²) in [5.41, 5.74) is 2.65. The number of rotatable bonds is 9. The molecule has 4 heteroatoms. The van der Waals surface area contributed by atoms with Crippen molar-refractivity contribution >= 4 is 27.5 Å². The zero-order valence-corrected chi connectivity index (χ0v) is 18.5. The van der Waals surface area contributed by atoms with Crippen molar-refractivity contribution in [1.29, 1.82) is 0 Å². The Hall–Kier alpha value is -1.98. The predicted octanol–water partition coefficient (Wildman–Crippen LogP) is 5.18. The summed E-state index contributed by atoms with van der Waals surface area (Å²) in [6, 6.07) is 19.5. The van der Waals surface area contributed by atoms with Gasteiger partial charge in [-0.05, 0) is 60.0 Å². The molecular formula is C26H32N2OS. The van der Waals surface area contributed by atoms with Crippen LogP contribution in [0, 0.1) is 0 Å². The lowest BCUT2D eigenvalue weighted by molar-refractivity contribution is 0.107. The van der Waals surface area contributed by atoms with Gasteiger partial charge in [-0.2, -0.15) is 0 Å². The van der Waals surface area contributed by atoms with E-state index in [9.17, 15) is 0 Å². The molecule has 0 amide bonds. The number of benzene rings is 2. The minimum Gasteiger partial charge on any atom is -0.380 e. The highest BCUT2D eigenvalue weighted by Gasteiger charge is 2.13. The standard InChI is InChI=1S/C26H32N2OS/c1-2-6-23(7-3-1)8-4-13-27-14-5-15-28(17-16-27)18-20-29-19-11-24-9-10-26-25(22-24)12-21-30-26/h1-4,6-10,12,21-22H,5,11,13-20H2/b8-4+. The van der Waals surface area contributed by atoms with E-state index >= 15 is 0 Å². The number of hydrogen-bond donors (Lipinski definition) is 0. The molecule has 4 rings (SSSR count). The number of hydrogen-bond acceptors (Lipinski definition) is 4. The molecule has 0 atom stereocenters. The van der Waals surface area contributed by atoms with Crippen LogP contribution < -0.4 is 0 Å². The molecule has 0 saturated carbocycles. The van der Waals surface area contributed by atoms with Crippen LogP contribution in [0.5, 0.6) is 0 Å². The van der Waals surface area contributed by atoms with Gasteiger partial charge in [-0.3, -0.25) is 9.80 Å². The fourth-order valence-electron chi connectivity index (χ4n) is 3.99. The van der Waals surface area contributed by atoms with Gasteiger partial charge < -0.3 is 4.74 Å². The lowest BCUT2D eigenvalue weighted by Crippen LogP contribution is -2.33. The molecule has 2 heterocycles. The summed E-state index contributed by atoms with van der Waals surface area (Å²) < 4.78 is 7.32. The normalized spacial score (nSPS) is 16.4. The number of ether oxygens (including phenoxy) is 1. The van der Waals surface area contributed by atoms with E-state index in [2.05, 4.69) is 81.9 Å². The summed E-state index contributed by atoms with van der Waals surface area (Å²) in [6.07, 6.45) is 6.75. The minimum absolute atomic E-state index is 0.805. The van der Waals surface area contributed by atoms with Crippen LogP contribution in [0.25, 0.3) is 16.2 Å². The molecule has 1 saturated heterocycles. The lowest BCUT2D eigenvalue weighted by atomic mass is 10.1. The lowest BCUT2D eigenvalue weighted by Gasteiger charge is -2.21. The molecule has 0 radical (unpaired) electrons. The van der Waals surface area contributed by atoms with Crippen molar-refractivity contribution in [3.8, 4) is 0 Å². The van der Waals surface area contributed by atoms with Crippen LogP contribution in [-0.4, -0.2) is 62.3 Å². The van der Waals surface area contributed by atoms with Gasteiger partial charge in [0.05, 0.1) is 13.2 Å². The van der Waals surface area contributed by atoms with E-state index in [1.54, 1.807) is 11.3 Å². The van der Waals surface area contributed by atoms with Gasteiger partial charge in [0.2, 0.25) is 0 Å². The molecule has 0 N–H and O–H groups in total. The Bertz CT molecular complexity index is 921. The molecule has 1 aliphatic rings. The molecule has 0 spiro atoms.